The summed E-state index contributed by atoms with van der Waals surface area (Å²) in [6.07, 6.45) is -6.69. The lowest BCUT2D eigenvalue weighted by Crippen LogP contribution is -2.63. The fourth-order valence-electron chi connectivity index (χ4n) is 4.96. The van der Waals surface area contributed by atoms with Crippen LogP contribution in [-0.2, 0) is 55.7 Å². The monoisotopic (exact) mass is 630 g/mol. The van der Waals surface area contributed by atoms with Crippen LogP contribution >= 0.6 is 0 Å². The topological polar surface area (TPSA) is 179 Å². The Kier molecular flexibility index (Phi) is 10.5. The maximum Gasteiger partial charge on any atom is 0.303 e. The lowest BCUT2D eigenvalue weighted by atomic mass is 9.97. The quantitative estimate of drug-likeness (QED) is 0.217. The van der Waals surface area contributed by atoms with Crippen LogP contribution in [0.15, 0.2) is 30.3 Å². The Bertz CT molecular complexity index is 1470. The molecule has 0 aromatic heterocycles. The Labute approximate surface area is 258 Å². The average molecular weight is 631 g/mol. The van der Waals surface area contributed by atoms with Gasteiger partial charge in [-0.15, -0.1) is 0 Å². The van der Waals surface area contributed by atoms with E-state index in [0.717, 1.165) is 27.7 Å². The van der Waals surface area contributed by atoms with Gasteiger partial charge in [-0.3, -0.25) is 24.0 Å². The molecule has 1 fully saturated rings. The minimum Gasteiger partial charge on any atom is -0.507 e. The van der Waals surface area contributed by atoms with Crippen LogP contribution in [0.25, 0.3) is 0 Å². The molecule has 0 radical (unpaired) electrons. The number of phenolic OH excluding ortho intramolecular Hbond substituents is 1. The lowest BCUT2D eigenvalue weighted by Gasteiger charge is -2.44. The van der Waals surface area contributed by atoms with Crippen LogP contribution in [-0.4, -0.2) is 78.9 Å². The molecule has 0 aliphatic carbocycles. The molecule has 0 saturated carbocycles. The van der Waals surface area contributed by atoms with E-state index in [1.807, 2.05) is 0 Å². The molecule has 4 rings (SSSR count). The zero-order valence-corrected chi connectivity index (χ0v) is 25.4. The van der Waals surface area contributed by atoms with Crippen molar-refractivity contribution < 1.29 is 67.0 Å². The van der Waals surface area contributed by atoms with Gasteiger partial charge in [-0.25, -0.2) is 0 Å². The van der Waals surface area contributed by atoms with Crippen molar-refractivity contribution in [2.24, 2.45) is 0 Å². The van der Waals surface area contributed by atoms with Gasteiger partial charge in [0.15, 0.2) is 29.5 Å². The van der Waals surface area contributed by atoms with E-state index in [2.05, 4.69) is 0 Å². The van der Waals surface area contributed by atoms with E-state index >= 15 is 0 Å². The number of carbonyl (C=O) groups excluding carboxylic acids is 5. The standard InChI is InChI=1S/C31H34O14/c1-6-20-11-21(22(36)9-19-7-8-24-26(10-19)40-14-39-24)23(37)12-25(20)44-31-30(43-18(5)35)29(42-17(4)34)28(41-16(3)33)27(45-31)13-38-15(2)32/h7-8,10-12,27-31,37H,6,9,13-14H2,1-5H3/t27-,28-,29+,30-,31-/m1/s1. The highest BCUT2D eigenvalue weighted by Gasteiger charge is 2.53. The van der Waals surface area contributed by atoms with Gasteiger partial charge < -0.3 is 43.0 Å². The van der Waals surface area contributed by atoms with E-state index in [1.165, 1.54) is 12.1 Å². The first-order valence-electron chi connectivity index (χ1n) is 14.1. The second-order valence-electron chi connectivity index (χ2n) is 10.3. The molecule has 2 heterocycles. The molecule has 1 saturated heterocycles. The second-order valence-corrected chi connectivity index (χ2v) is 10.3. The van der Waals surface area contributed by atoms with Gasteiger partial charge in [0.25, 0.3) is 0 Å². The number of esters is 4. The highest BCUT2D eigenvalue weighted by Crippen LogP contribution is 2.36. The fourth-order valence-corrected chi connectivity index (χ4v) is 4.96. The zero-order valence-electron chi connectivity index (χ0n) is 25.4. The lowest BCUT2D eigenvalue weighted by molar-refractivity contribution is -0.288. The highest BCUT2D eigenvalue weighted by atomic mass is 16.7. The van der Waals surface area contributed by atoms with Gasteiger partial charge in [-0.05, 0) is 35.7 Å². The third-order valence-electron chi connectivity index (χ3n) is 6.85. The molecule has 2 aliphatic heterocycles. The summed E-state index contributed by atoms with van der Waals surface area (Å²) < 4.78 is 44.1. The van der Waals surface area contributed by atoms with Crippen molar-refractivity contribution in [3.63, 3.8) is 0 Å². The Morgan fingerprint density at radius 2 is 1.47 bits per heavy atom. The molecule has 14 heteroatoms. The second kappa shape index (κ2) is 14.3. The van der Waals surface area contributed by atoms with E-state index < -0.39 is 66.9 Å². The van der Waals surface area contributed by atoms with Crippen LogP contribution < -0.4 is 14.2 Å². The van der Waals surface area contributed by atoms with Crippen LogP contribution in [0, 0.1) is 0 Å². The van der Waals surface area contributed by atoms with E-state index in [1.54, 1.807) is 25.1 Å². The maximum absolute atomic E-state index is 13.2. The van der Waals surface area contributed by atoms with Crippen molar-refractivity contribution in [3.8, 4) is 23.0 Å². The third-order valence-corrected chi connectivity index (χ3v) is 6.85. The third kappa shape index (κ3) is 8.20. The van der Waals surface area contributed by atoms with E-state index in [9.17, 15) is 29.1 Å². The van der Waals surface area contributed by atoms with E-state index in [-0.39, 0.29) is 30.3 Å². The molecule has 242 valence electrons. The van der Waals surface area contributed by atoms with Crippen LogP contribution in [0.5, 0.6) is 23.0 Å². The Balaban J connectivity index is 1.65. The van der Waals surface area contributed by atoms with Crippen molar-refractivity contribution in [2.45, 2.75) is 78.2 Å². The highest BCUT2D eigenvalue weighted by molar-refractivity contribution is 6.00. The predicted molar refractivity (Wildman–Crippen MR) is 151 cm³/mol. The number of fused-ring (bicyclic) bond motifs is 1. The Morgan fingerprint density at radius 3 is 2.11 bits per heavy atom. The molecule has 2 aliphatic rings. The van der Waals surface area contributed by atoms with Gasteiger partial charge in [-0.2, -0.15) is 0 Å². The molecular formula is C31H34O14. The predicted octanol–water partition coefficient (Wildman–Crippen LogP) is 2.57. The fraction of sp³-hybridized carbons (Fsp3) is 0.452. The molecule has 0 bridgehead atoms. The normalized spacial score (nSPS) is 21.8. The summed E-state index contributed by atoms with van der Waals surface area (Å²) in [4.78, 5) is 61.0. The van der Waals surface area contributed by atoms with Crippen LogP contribution in [0.4, 0.5) is 0 Å². The van der Waals surface area contributed by atoms with Crippen molar-refractivity contribution >= 4 is 29.7 Å². The molecule has 2 aromatic rings. The summed E-state index contributed by atoms with van der Waals surface area (Å²) in [6.45, 7) is 5.94. The van der Waals surface area contributed by atoms with Crippen molar-refractivity contribution in [1.29, 1.82) is 0 Å². The number of benzene rings is 2. The first kappa shape index (κ1) is 33.1. The molecule has 5 atom stereocenters. The van der Waals surface area contributed by atoms with E-state index in [4.69, 9.17) is 37.9 Å². The van der Waals surface area contributed by atoms with Gasteiger partial charge in [0.05, 0.1) is 5.56 Å². The summed E-state index contributed by atoms with van der Waals surface area (Å²) in [5, 5.41) is 10.9. The number of rotatable bonds is 11. The van der Waals surface area contributed by atoms with Crippen LogP contribution in [0.2, 0.25) is 0 Å². The summed E-state index contributed by atoms with van der Waals surface area (Å²) in [6, 6.07) is 7.82. The SMILES string of the molecule is CCc1cc(C(=O)Cc2ccc3c(c2)OCO3)c(O)cc1O[C@@H]1O[C@H](COC(C)=O)[C@@H](OC(C)=O)[C@H](OC(C)=O)[C@H]1OC(C)=O. The number of ether oxygens (including phenoxy) is 8. The molecule has 45 heavy (non-hydrogen) atoms. The van der Waals surface area contributed by atoms with Gasteiger partial charge in [0.1, 0.15) is 24.2 Å². The number of aryl methyl sites for hydroxylation is 1. The van der Waals surface area contributed by atoms with Crippen LogP contribution in [0.3, 0.4) is 0 Å². The number of carbonyl (C=O) groups is 5. The van der Waals surface area contributed by atoms with Gasteiger partial charge in [-0.1, -0.05) is 13.0 Å². The van der Waals surface area contributed by atoms with Crippen molar-refractivity contribution in [3.05, 3.63) is 47.0 Å². The van der Waals surface area contributed by atoms with Gasteiger partial charge in [0.2, 0.25) is 19.2 Å². The first-order chi connectivity index (χ1) is 21.4. The molecule has 14 nitrogen and oxygen atoms in total. The number of hydrogen-bond donors (Lipinski definition) is 1. The first-order valence-corrected chi connectivity index (χ1v) is 14.1. The summed E-state index contributed by atoms with van der Waals surface area (Å²) >= 11 is 0. The molecule has 0 spiro atoms. The summed E-state index contributed by atoms with van der Waals surface area (Å²) in [5.41, 5.74) is 1.17. The van der Waals surface area contributed by atoms with Gasteiger partial charge in [0, 0.05) is 40.2 Å². The summed E-state index contributed by atoms with van der Waals surface area (Å²) in [5.74, 6) is -2.63. The Morgan fingerprint density at radius 1 is 0.822 bits per heavy atom. The number of hydrogen-bond acceptors (Lipinski definition) is 14. The largest absolute Gasteiger partial charge is 0.507 e. The molecule has 0 unspecified atom stereocenters. The Hall–Kier alpha value is -4.85. The minimum atomic E-state index is -1.51. The zero-order chi connectivity index (χ0) is 32.8. The number of Topliss-reactive ketones (excluding diaryl/α,β-unsaturated/α-hetero) is 1. The minimum absolute atomic E-state index is 0.0345. The number of phenols is 1. The molecular weight excluding hydrogens is 596 g/mol. The number of aromatic hydroxyl groups is 1. The summed E-state index contributed by atoms with van der Waals surface area (Å²) in [7, 11) is 0. The molecule has 0 amide bonds. The maximum atomic E-state index is 13.2. The van der Waals surface area contributed by atoms with E-state index in [0.29, 0.717) is 29.0 Å². The average Bonchev–Trinajstić information content (AvgIpc) is 3.42. The molecule has 1 N–H and O–H groups in total. The van der Waals surface area contributed by atoms with Crippen molar-refractivity contribution in [1.82, 2.24) is 0 Å². The van der Waals surface area contributed by atoms with Crippen molar-refractivity contribution in [2.75, 3.05) is 13.4 Å². The smallest absolute Gasteiger partial charge is 0.303 e. The molecule has 2 aromatic carbocycles. The van der Waals surface area contributed by atoms with Gasteiger partial charge >= 0.3 is 23.9 Å². The van der Waals surface area contributed by atoms with Crippen LogP contribution in [0.1, 0.15) is 56.1 Å². The number of ketones is 1.